The molecular weight excluding hydrogens is 837 g/mol. The monoisotopic (exact) mass is 905 g/mol. The molecule has 4 aromatic carbocycles. The van der Waals surface area contributed by atoms with E-state index in [-0.39, 0.29) is 0 Å². The first-order chi connectivity index (χ1) is 33.9. The summed E-state index contributed by atoms with van der Waals surface area (Å²) in [5.74, 6) is 0. The highest BCUT2D eigenvalue weighted by atomic mass is 15.1. The molecule has 69 heavy (non-hydrogen) atoms. The summed E-state index contributed by atoms with van der Waals surface area (Å²) < 4.78 is 2.52. The number of aromatic nitrogens is 1. The third kappa shape index (κ3) is 12.2. The average molecular weight is 905 g/mol. The number of allylic oxidation sites excluding steroid dienone is 18. The molecule has 0 amide bonds. The number of aryl methyl sites for hydroxylation is 1. The molecule has 2 heterocycles. The lowest BCUT2D eigenvalue weighted by Crippen LogP contribution is -2.24. The zero-order valence-corrected chi connectivity index (χ0v) is 41.1. The van der Waals surface area contributed by atoms with Gasteiger partial charge in [-0.2, -0.15) is 0 Å². The lowest BCUT2D eigenvalue weighted by atomic mass is 9.98. The molecule has 0 bridgehead atoms. The number of anilines is 2. The van der Waals surface area contributed by atoms with E-state index in [9.17, 15) is 0 Å². The van der Waals surface area contributed by atoms with Gasteiger partial charge in [0.1, 0.15) is 0 Å². The van der Waals surface area contributed by atoms with Crippen LogP contribution in [0.4, 0.5) is 11.4 Å². The molecule has 0 unspecified atom stereocenters. The van der Waals surface area contributed by atoms with Crippen molar-refractivity contribution in [1.82, 2.24) is 9.47 Å². The summed E-state index contributed by atoms with van der Waals surface area (Å²) in [4.78, 5) is 4.75. The second-order valence-corrected chi connectivity index (χ2v) is 17.2. The molecule has 4 nitrogen and oxygen atoms in total. The number of hydrogen-bond acceptors (Lipinski definition) is 3. The maximum atomic E-state index is 4.48. The zero-order chi connectivity index (χ0) is 48.4. The highest BCUT2D eigenvalue weighted by Gasteiger charge is 2.19. The van der Waals surface area contributed by atoms with Crippen molar-refractivity contribution in [2.24, 2.45) is 0 Å². The van der Waals surface area contributed by atoms with Gasteiger partial charge in [0.15, 0.2) is 0 Å². The first-order valence-corrected chi connectivity index (χ1v) is 24.4. The van der Waals surface area contributed by atoms with Crippen LogP contribution in [0.25, 0.3) is 28.1 Å². The van der Waals surface area contributed by atoms with Gasteiger partial charge in [0.05, 0.1) is 0 Å². The summed E-state index contributed by atoms with van der Waals surface area (Å²) in [6.45, 7) is 23.2. The van der Waals surface area contributed by atoms with E-state index >= 15 is 0 Å². The SMILES string of the molecule is C=C/C=C\CN(/C=C/C(=C\C(=C/C)C(\C=C)=C\C(=C/Cn1c2c(c3ccccc31)C=CCC2)N1C/C=C\C=C/Cc2ccccc21)Nc1ccccc1-c1ccccc1C)C(/C=C\C=C)=C(/C)CC. The molecule has 348 valence electrons. The summed E-state index contributed by atoms with van der Waals surface area (Å²) in [5, 5.41) is 5.22. The van der Waals surface area contributed by atoms with Crippen molar-refractivity contribution in [2.45, 2.75) is 59.9 Å². The van der Waals surface area contributed by atoms with Crippen LogP contribution in [0.1, 0.15) is 56.0 Å². The predicted molar refractivity (Wildman–Crippen MR) is 301 cm³/mol. The molecule has 0 spiro atoms. The number of benzene rings is 4. The molecule has 1 N–H and O–H groups in total. The van der Waals surface area contributed by atoms with Crippen LogP contribution in [-0.4, -0.2) is 22.6 Å². The molecule has 7 rings (SSSR count). The first-order valence-electron chi connectivity index (χ1n) is 24.4. The number of nitrogens with one attached hydrogen (secondary N) is 1. The van der Waals surface area contributed by atoms with Gasteiger partial charge in [0, 0.05) is 82.0 Å². The fourth-order valence-electron chi connectivity index (χ4n) is 9.12. The fraction of sp³-hybridized carbons (Fsp3) is 0.169. The van der Waals surface area contributed by atoms with Crippen LogP contribution in [0, 0.1) is 6.92 Å². The molecule has 0 radical (unpaired) electrons. The van der Waals surface area contributed by atoms with Crippen molar-refractivity contribution in [3.8, 4) is 11.1 Å². The number of fused-ring (bicyclic) bond motifs is 4. The van der Waals surface area contributed by atoms with E-state index in [0.29, 0.717) is 13.1 Å². The minimum atomic E-state index is 0.656. The Kier molecular flexibility index (Phi) is 17.6. The minimum Gasteiger partial charge on any atom is -0.355 e. The Labute approximate surface area is 412 Å². The van der Waals surface area contributed by atoms with E-state index in [0.717, 1.165) is 71.7 Å². The largest absolute Gasteiger partial charge is 0.355 e. The zero-order valence-electron chi connectivity index (χ0n) is 41.1. The molecule has 0 atom stereocenters. The number of hydrogen-bond donors (Lipinski definition) is 1. The highest BCUT2D eigenvalue weighted by molar-refractivity contribution is 5.92. The lowest BCUT2D eigenvalue weighted by Gasteiger charge is -2.28. The Balaban J connectivity index is 1.40. The van der Waals surface area contributed by atoms with E-state index in [4.69, 9.17) is 0 Å². The second-order valence-electron chi connectivity index (χ2n) is 17.2. The molecule has 0 fully saturated rings. The molecule has 0 saturated heterocycles. The van der Waals surface area contributed by atoms with E-state index in [1.54, 1.807) is 0 Å². The number of para-hydroxylation sites is 3. The second kappa shape index (κ2) is 24.8. The van der Waals surface area contributed by atoms with Crippen LogP contribution in [0.15, 0.2) is 260 Å². The molecule has 4 heteroatoms. The van der Waals surface area contributed by atoms with Crippen LogP contribution in [0.5, 0.6) is 0 Å². The standard InChI is InChI=1S/C65H68N4/c1-8-13-28-44-67(62(38-14-9-2)50(6)10-3)46-42-55(66-61-37-24-21-34-58(61)57-33-20-18-30-51(57)7)48-52(11-4)53(12-5)49-56(68-45-29-16-15-17-31-54-32-19-25-39-63(54)68)43-47-69-64-40-26-22-35-59(64)60-36-23-27-41-65(60)69/h8-9,11-26,28-30,32-40,42-43,46,48-49,66H,1-2,5,10,27,31,41,44-45,47H2,3-4,6-7H3/b17-15-,28-13-,29-16-,38-14-,46-42+,52-11+,53-49+,55-48+,56-43+,62-50-. The van der Waals surface area contributed by atoms with E-state index < -0.39 is 0 Å². The van der Waals surface area contributed by atoms with Gasteiger partial charge in [-0.05, 0) is 128 Å². The van der Waals surface area contributed by atoms with Crippen LogP contribution >= 0.6 is 0 Å². The lowest BCUT2D eigenvalue weighted by molar-refractivity contribution is 0.524. The van der Waals surface area contributed by atoms with Gasteiger partial charge in [-0.1, -0.05) is 185 Å². The van der Waals surface area contributed by atoms with Crippen molar-refractivity contribution in [2.75, 3.05) is 23.3 Å². The fourth-order valence-corrected chi connectivity index (χ4v) is 9.12. The van der Waals surface area contributed by atoms with E-state index in [1.165, 1.54) is 50.1 Å². The van der Waals surface area contributed by atoms with Gasteiger partial charge in [0.25, 0.3) is 0 Å². The molecule has 1 aromatic heterocycles. The van der Waals surface area contributed by atoms with Crippen molar-refractivity contribution in [1.29, 1.82) is 0 Å². The van der Waals surface area contributed by atoms with Gasteiger partial charge in [-0.15, -0.1) is 0 Å². The highest BCUT2D eigenvalue weighted by Crippen LogP contribution is 2.35. The Bertz CT molecular complexity index is 2990. The van der Waals surface area contributed by atoms with Crippen molar-refractivity contribution >= 4 is 28.4 Å². The average Bonchev–Trinajstić information content (AvgIpc) is 3.75. The predicted octanol–water partition coefficient (Wildman–Crippen LogP) is 16.7. The van der Waals surface area contributed by atoms with Crippen molar-refractivity contribution < 1.29 is 0 Å². The topological polar surface area (TPSA) is 23.4 Å². The molecule has 1 aliphatic heterocycles. The van der Waals surface area contributed by atoms with Crippen molar-refractivity contribution in [3.05, 3.63) is 282 Å². The van der Waals surface area contributed by atoms with Gasteiger partial charge >= 0.3 is 0 Å². The maximum absolute atomic E-state index is 4.48. The maximum Gasteiger partial charge on any atom is 0.0491 e. The summed E-state index contributed by atoms with van der Waals surface area (Å²) in [5.41, 5.74) is 17.5. The van der Waals surface area contributed by atoms with Crippen LogP contribution < -0.4 is 10.2 Å². The normalized spacial score (nSPS) is 15.9. The van der Waals surface area contributed by atoms with Gasteiger partial charge < -0.3 is 19.7 Å². The summed E-state index contributed by atoms with van der Waals surface area (Å²) >= 11 is 0. The third-order valence-electron chi connectivity index (χ3n) is 12.8. The van der Waals surface area contributed by atoms with Crippen molar-refractivity contribution in [3.63, 3.8) is 0 Å². The smallest absolute Gasteiger partial charge is 0.0491 e. The number of rotatable bonds is 19. The molecule has 0 saturated carbocycles. The third-order valence-corrected chi connectivity index (χ3v) is 12.8. The minimum absolute atomic E-state index is 0.656. The van der Waals surface area contributed by atoms with Crippen LogP contribution in [-0.2, 0) is 19.4 Å². The molecule has 2 aliphatic rings. The summed E-state index contributed by atoms with van der Waals surface area (Å²) in [6, 6.07) is 34.8. The van der Waals surface area contributed by atoms with Gasteiger partial charge in [0.2, 0.25) is 0 Å². The Morgan fingerprint density at radius 1 is 0.797 bits per heavy atom. The van der Waals surface area contributed by atoms with Crippen LogP contribution in [0.3, 0.4) is 0 Å². The number of nitrogens with zero attached hydrogens (tertiary/aromatic N) is 3. The van der Waals surface area contributed by atoms with Gasteiger partial charge in [-0.25, -0.2) is 0 Å². The first kappa shape index (κ1) is 49.1. The molecule has 1 aliphatic carbocycles. The Morgan fingerprint density at radius 2 is 1.55 bits per heavy atom. The Morgan fingerprint density at radius 3 is 2.35 bits per heavy atom. The Hall–Kier alpha value is -7.82. The summed E-state index contributed by atoms with van der Waals surface area (Å²) in [7, 11) is 0. The van der Waals surface area contributed by atoms with E-state index in [1.807, 2.05) is 30.4 Å². The molecular formula is C65H68N4. The van der Waals surface area contributed by atoms with E-state index in [2.05, 4.69) is 249 Å². The summed E-state index contributed by atoms with van der Waals surface area (Å²) in [6.07, 6.45) is 44.8. The quantitative estimate of drug-likeness (QED) is 0.0835. The van der Waals surface area contributed by atoms with Crippen LogP contribution in [0.2, 0.25) is 0 Å². The van der Waals surface area contributed by atoms with Gasteiger partial charge in [-0.3, -0.25) is 0 Å². The molecule has 5 aromatic rings.